The van der Waals surface area contributed by atoms with Crippen molar-refractivity contribution in [3.05, 3.63) is 35.3 Å². The molecule has 1 aromatic heterocycles. The maximum atomic E-state index is 11.7. The zero-order valence-electron chi connectivity index (χ0n) is 11.1. The van der Waals surface area contributed by atoms with Crippen LogP contribution in [0.5, 0.6) is 0 Å². The average molecular weight is 343 g/mol. The molecular weight excluding hydrogens is 330 g/mol. The largest absolute Gasteiger partial charge is 0.481 e. The van der Waals surface area contributed by atoms with Gasteiger partial charge in [0.05, 0.1) is 22.8 Å². The molecule has 0 aliphatic carbocycles. The predicted molar refractivity (Wildman–Crippen MR) is 81.7 cm³/mol. The van der Waals surface area contributed by atoms with Gasteiger partial charge in [0.25, 0.3) is 0 Å². The Balaban J connectivity index is 2.10. The predicted octanol–water partition coefficient (Wildman–Crippen LogP) is 2.72. The summed E-state index contributed by atoms with van der Waals surface area (Å²) in [6.07, 6.45) is -0.0925. The van der Waals surface area contributed by atoms with Crippen molar-refractivity contribution in [2.75, 3.05) is 5.75 Å². The highest BCUT2D eigenvalue weighted by Gasteiger charge is 2.12. The fourth-order valence-corrected chi connectivity index (χ4v) is 4.24. The standard InChI is InChI=1S/C13H13NO4S3/c1-2-21(17,18)11-5-3-10(4-6-11)20-13-14-9(8-19-13)7-12(15)16/h3-6,8H,2,7H2,1H3,(H,15,16). The van der Waals surface area contributed by atoms with E-state index in [-0.39, 0.29) is 12.2 Å². The second-order valence-electron chi connectivity index (χ2n) is 4.15. The molecule has 2 aromatic rings. The minimum Gasteiger partial charge on any atom is -0.481 e. The number of thiazole rings is 1. The molecule has 21 heavy (non-hydrogen) atoms. The lowest BCUT2D eigenvalue weighted by Gasteiger charge is -2.02. The molecule has 0 aliphatic heterocycles. The number of sulfone groups is 1. The van der Waals surface area contributed by atoms with Gasteiger partial charge >= 0.3 is 5.97 Å². The van der Waals surface area contributed by atoms with Crippen molar-refractivity contribution >= 4 is 38.9 Å². The molecule has 1 aromatic carbocycles. The number of carboxylic acids is 1. The van der Waals surface area contributed by atoms with Crippen molar-refractivity contribution in [2.24, 2.45) is 0 Å². The van der Waals surface area contributed by atoms with Crippen LogP contribution in [0.15, 0.2) is 43.8 Å². The number of carboxylic acid groups (broad SMARTS) is 1. The average Bonchev–Trinajstić information content (AvgIpc) is 2.85. The molecule has 0 unspecified atom stereocenters. The van der Waals surface area contributed by atoms with E-state index in [1.807, 2.05) is 0 Å². The number of hydrogen-bond donors (Lipinski definition) is 1. The van der Waals surface area contributed by atoms with Gasteiger partial charge in [0, 0.05) is 10.3 Å². The molecule has 0 saturated heterocycles. The first-order chi connectivity index (χ1) is 9.90. The Morgan fingerprint density at radius 3 is 2.57 bits per heavy atom. The Kier molecular flexibility index (Phi) is 5.02. The minimum absolute atomic E-state index is 0.0739. The second kappa shape index (κ2) is 6.59. The highest BCUT2D eigenvalue weighted by atomic mass is 32.2. The smallest absolute Gasteiger partial charge is 0.309 e. The number of hydrogen-bond acceptors (Lipinski definition) is 6. The summed E-state index contributed by atoms with van der Waals surface area (Å²) in [6, 6.07) is 6.61. The Hall–Kier alpha value is -1.38. The van der Waals surface area contributed by atoms with Crippen molar-refractivity contribution in [3.63, 3.8) is 0 Å². The van der Waals surface area contributed by atoms with Gasteiger partial charge in [-0.15, -0.1) is 11.3 Å². The first-order valence-electron chi connectivity index (χ1n) is 6.07. The van der Waals surface area contributed by atoms with Gasteiger partial charge in [0.15, 0.2) is 14.2 Å². The molecule has 0 aliphatic rings. The number of benzene rings is 1. The monoisotopic (exact) mass is 343 g/mol. The highest BCUT2D eigenvalue weighted by Crippen LogP contribution is 2.31. The molecule has 1 N–H and O–H groups in total. The van der Waals surface area contributed by atoms with E-state index in [1.165, 1.54) is 23.1 Å². The molecule has 0 amide bonds. The lowest BCUT2D eigenvalue weighted by Crippen LogP contribution is -2.02. The Morgan fingerprint density at radius 2 is 2.00 bits per heavy atom. The molecule has 5 nitrogen and oxygen atoms in total. The third kappa shape index (κ3) is 4.29. The van der Waals surface area contributed by atoms with Crippen molar-refractivity contribution < 1.29 is 18.3 Å². The summed E-state index contributed by atoms with van der Waals surface area (Å²) < 4.78 is 24.1. The van der Waals surface area contributed by atoms with Gasteiger partial charge in [0.2, 0.25) is 0 Å². The van der Waals surface area contributed by atoms with Crippen LogP contribution in [0.3, 0.4) is 0 Å². The zero-order chi connectivity index (χ0) is 15.5. The van der Waals surface area contributed by atoms with Gasteiger partial charge in [-0.25, -0.2) is 13.4 Å². The van der Waals surface area contributed by atoms with E-state index in [2.05, 4.69) is 4.98 Å². The van der Waals surface area contributed by atoms with Crippen LogP contribution in [0.2, 0.25) is 0 Å². The SMILES string of the molecule is CCS(=O)(=O)c1ccc(Sc2nc(CC(=O)O)cs2)cc1. The summed E-state index contributed by atoms with van der Waals surface area (Å²) in [4.78, 5) is 16.0. The fourth-order valence-electron chi connectivity index (χ4n) is 1.55. The molecule has 8 heteroatoms. The number of aromatic nitrogens is 1. The van der Waals surface area contributed by atoms with Gasteiger partial charge in [0.1, 0.15) is 0 Å². The maximum Gasteiger partial charge on any atom is 0.309 e. The van der Waals surface area contributed by atoms with Crippen LogP contribution in [0, 0.1) is 0 Å². The van der Waals surface area contributed by atoms with Gasteiger partial charge < -0.3 is 5.11 Å². The van der Waals surface area contributed by atoms with E-state index in [4.69, 9.17) is 5.11 Å². The first kappa shape index (κ1) is 16.0. The molecule has 0 radical (unpaired) electrons. The van der Waals surface area contributed by atoms with Crippen molar-refractivity contribution in [2.45, 2.75) is 27.5 Å². The topological polar surface area (TPSA) is 84.3 Å². The van der Waals surface area contributed by atoms with E-state index in [0.29, 0.717) is 10.6 Å². The van der Waals surface area contributed by atoms with Crippen LogP contribution in [0.4, 0.5) is 0 Å². The third-order valence-corrected chi connectivity index (χ3v) is 6.38. The summed E-state index contributed by atoms with van der Waals surface area (Å²) in [5.74, 6) is -0.837. The van der Waals surface area contributed by atoms with Gasteiger partial charge in [-0.3, -0.25) is 4.79 Å². The Labute approximate surface area is 131 Å². The van der Waals surface area contributed by atoms with E-state index in [9.17, 15) is 13.2 Å². The van der Waals surface area contributed by atoms with Crippen LogP contribution in [-0.4, -0.2) is 30.2 Å². The van der Waals surface area contributed by atoms with Crippen LogP contribution in [0.1, 0.15) is 12.6 Å². The molecule has 112 valence electrons. The van der Waals surface area contributed by atoms with Gasteiger partial charge in [-0.05, 0) is 24.3 Å². The summed E-state index contributed by atoms with van der Waals surface area (Å²) in [5, 5.41) is 10.4. The minimum atomic E-state index is -3.18. The van der Waals surface area contributed by atoms with Crippen molar-refractivity contribution in [1.82, 2.24) is 4.98 Å². The normalized spacial score (nSPS) is 11.5. The summed E-state index contributed by atoms with van der Waals surface area (Å²) in [6.45, 7) is 1.61. The maximum absolute atomic E-state index is 11.7. The Bertz CT molecular complexity index is 735. The van der Waals surface area contributed by atoms with E-state index in [0.717, 1.165) is 9.24 Å². The number of rotatable bonds is 6. The van der Waals surface area contributed by atoms with Crippen LogP contribution >= 0.6 is 23.1 Å². The molecule has 0 fully saturated rings. The first-order valence-corrected chi connectivity index (χ1v) is 9.42. The van der Waals surface area contributed by atoms with Crippen LogP contribution in [0.25, 0.3) is 0 Å². The van der Waals surface area contributed by atoms with Crippen molar-refractivity contribution in [1.29, 1.82) is 0 Å². The molecular formula is C13H13NO4S3. The lowest BCUT2D eigenvalue weighted by molar-refractivity contribution is -0.136. The number of aliphatic carboxylic acids is 1. The van der Waals surface area contributed by atoms with Gasteiger partial charge in [-0.2, -0.15) is 0 Å². The molecule has 2 rings (SSSR count). The van der Waals surface area contributed by atoms with E-state index in [1.54, 1.807) is 36.6 Å². The quantitative estimate of drug-likeness (QED) is 0.868. The van der Waals surface area contributed by atoms with Crippen LogP contribution < -0.4 is 0 Å². The lowest BCUT2D eigenvalue weighted by atomic mass is 10.3. The molecule has 0 spiro atoms. The molecule has 0 bridgehead atoms. The summed E-state index contributed by atoms with van der Waals surface area (Å²) in [5.41, 5.74) is 0.528. The Morgan fingerprint density at radius 1 is 1.33 bits per heavy atom. The molecule has 0 saturated carbocycles. The van der Waals surface area contributed by atoms with Gasteiger partial charge in [-0.1, -0.05) is 18.7 Å². The summed E-state index contributed by atoms with van der Waals surface area (Å²) >= 11 is 2.75. The van der Waals surface area contributed by atoms with Crippen LogP contribution in [-0.2, 0) is 21.1 Å². The highest BCUT2D eigenvalue weighted by molar-refractivity contribution is 8.01. The summed E-state index contributed by atoms with van der Waals surface area (Å²) in [7, 11) is -3.18. The molecule has 0 atom stereocenters. The van der Waals surface area contributed by atoms with Crippen molar-refractivity contribution in [3.8, 4) is 0 Å². The third-order valence-electron chi connectivity index (χ3n) is 2.63. The van der Waals surface area contributed by atoms with E-state index >= 15 is 0 Å². The number of carbonyl (C=O) groups is 1. The second-order valence-corrected chi connectivity index (χ2v) is 8.61. The van der Waals surface area contributed by atoms with E-state index < -0.39 is 15.8 Å². The number of nitrogens with zero attached hydrogens (tertiary/aromatic N) is 1. The zero-order valence-corrected chi connectivity index (χ0v) is 13.6. The molecule has 1 heterocycles. The fraction of sp³-hybridized carbons (Fsp3) is 0.231.